The predicted octanol–water partition coefficient (Wildman–Crippen LogP) is -1.44. The molecule has 1 saturated carbocycles. The van der Waals surface area contributed by atoms with Gasteiger partial charge in [-0.1, -0.05) is 65.2 Å². The van der Waals surface area contributed by atoms with E-state index in [2.05, 4.69) is 13.8 Å². The van der Waals surface area contributed by atoms with Gasteiger partial charge in [0.05, 0.1) is 30.4 Å². The van der Waals surface area contributed by atoms with Crippen LogP contribution in [0.4, 0.5) is 0 Å². The summed E-state index contributed by atoms with van der Waals surface area (Å²) in [6, 6.07) is -3.92. The lowest BCUT2D eigenvalue weighted by Crippen LogP contribution is -2.68. The first-order chi connectivity index (χ1) is 26.8. The van der Waals surface area contributed by atoms with Gasteiger partial charge in [0.15, 0.2) is 18.9 Å². The molecular formula is C37H73N5O12S2. The van der Waals surface area contributed by atoms with Gasteiger partial charge in [-0.25, -0.2) is 0 Å². The van der Waals surface area contributed by atoms with Gasteiger partial charge in [0.25, 0.3) is 0 Å². The lowest BCUT2D eigenvalue weighted by Gasteiger charge is -2.47. The van der Waals surface area contributed by atoms with Crippen molar-refractivity contribution >= 4 is 23.5 Å². The lowest BCUT2D eigenvalue weighted by molar-refractivity contribution is -0.305. The summed E-state index contributed by atoms with van der Waals surface area (Å²) in [5.41, 5.74) is 31.2. The third-order valence-corrected chi connectivity index (χ3v) is 13.6. The zero-order valence-corrected chi connectivity index (χ0v) is 34.8. The minimum atomic E-state index is -1.45. The van der Waals surface area contributed by atoms with Crippen molar-refractivity contribution < 1.29 is 59.1 Å². The van der Waals surface area contributed by atoms with Crippen molar-refractivity contribution in [1.29, 1.82) is 0 Å². The first-order valence-electron chi connectivity index (χ1n) is 20.7. The Hall–Kier alpha value is 0.0200. The van der Waals surface area contributed by atoms with E-state index in [1.54, 1.807) is 23.5 Å². The molecule has 0 unspecified atom stereocenters. The maximum atomic E-state index is 11.7. The summed E-state index contributed by atoms with van der Waals surface area (Å²) in [5, 5.41) is 65.9. The molecule has 16 N–H and O–H groups in total. The third-order valence-electron chi connectivity index (χ3n) is 11.3. The van der Waals surface area contributed by atoms with Crippen LogP contribution in [0.5, 0.6) is 0 Å². The number of aliphatic hydroxyl groups is 6. The third kappa shape index (κ3) is 13.0. The fraction of sp³-hybridized carbons (Fsp3) is 1.00. The minimum absolute atomic E-state index is 0.109. The van der Waals surface area contributed by atoms with Gasteiger partial charge < -0.3 is 87.7 Å². The highest BCUT2D eigenvalue weighted by Gasteiger charge is 2.54. The second-order valence-corrected chi connectivity index (χ2v) is 18.1. The van der Waals surface area contributed by atoms with Crippen molar-refractivity contribution in [1.82, 2.24) is 0 Å². The molecule has 3 saturated heterocycles. The fourth-order valence-electron chi connectivity index (χ4n) is 7.69. The maximum Gasteiger partial charge on any atom is 0.187 e. The van der Waals surface area contributed by atoms with Crippen molar-refractivity contribution in [2.45, 2.75) is 201 Å². The van der Waals surface area contributed by atoms with Crippen LogP contribution in [-0.2, 0) is 28.4 Å². The molecule has 0 amide bonds. The van der Waals surface area contributed by atoms with Gasteiger partial charge in [-0.05, 0) is 30.8 Å². The Morgan fingerprint density at radius 1 is 0.500 bits per heavy atom. The number of aliphatic hydroxyl groups excluding tert-OH is 6. The molecule has 19 heteroatoms. The van der Waals surface area contributed by atoms with Crippen molar-refractivity contribution in [2.24, 2.45) is 28.7 Å². The van der Waals surface area contributed by atoms with Gasteiger partial charge >= 0.3 is 0 Å². The van der Waals surface area contributed by atoms with Gasteiger partial charge in [-0.3, -0.25) is 0 Å². The van der Waals surface area contributed by atoms with E-state index in [1.807, 2.05) is 0 Å². The van der Waals surface area contributed by atoms with Gasteiger partial charge in [-0.2, -0.15) is 23.5 Å². The van der Waals surface area contributed by atoms with Crippen LogP contribution < -0.4 is 28.7 Å². The van der Waals surface area contributed by atoms with Gasteiger partial charge in [0.2, 0.25) is 0 Å². The molecule has 19 atom stereocenters. The number of hydrogen-bond acceptors (Lipinski definition) is 19. The smallest absolute Gasteiger partial charge is 0.187 e. The highest BCUT2D eigenvalue weighted by molar-refractivity contribution is 7.99. The summed E-state index contributed by atoms with van der Waals surface area (Å²) in [6.07, 6.45) is -6.41. The van der Waals surface area contributed by atoms with E-state index in [-0.39, 0.29) is 13.0 Å². The molecule has 3 heterocycles. The van der Waals surface area contributed by atoms with Crippen LogP contribution in [-0.4, -0.2) is 176 Å². The zero-order valence-electron chi connectivity index (χ0n) is 33.1. The SMILES string of the molecule is CCCCCCCSC[C@H]1O[C@H](O[C@H]2[C@H](O[C@@H]3O[C@H](CSCCCCCCC)[C@@H](O[C@H]4O[C@@H](CN)[C@@H](O)[C@H](O)[C@H]4N)[C@H]3O)[C@@H](O)[C@H](N)C[C@@H]2N)[C@H](N)[C@@H](O)[C@@H]1O. The van der Waals surface area contributed by atoms with Crippen LogP contribution in [0.3, 0.4) is 0 Å². The molecule has 1 aliphatic carbocycles. The van der Waals surface area contributed by atoms with E-state index >= 15 is 0 Å². The summed E-state index contributed by atoms with van der Waals surface area (Å²) >= 11 is 3.24. The largest absolute Gasteiger partial charge is 0.389 e. The molecule has 0 aromatic rings. The minimum Gasteiger partial charge on any atom is -0.389 e. The van der Waals surface area contributed by atoms with E-state index in [0.717, 1.165) is 56.5 Å². The number of unbranched alkanes of at least 4 members (excludes halogenated alkanes) is 8. The molecule has 0 aromatic carbocycles. The number of thioether (sulfide) groups is 2. The standard InChI is InChI=1S/C37H73N5O12S2/c1-3-5-7-9-11-13-55-17-22-28(45)30(47)25(42)36(50-22)52-32-20(40)15-19(39)26(43)34(32)54-37-31(48)33(23(51-37)18-56-14-12-10-8-6-4-2)53-35-24(41)29(46)27(44)21(16-38)49-35/h19-37,43-48H,3-18,38-42H2,1-2H3/t19-,20+,21+,22-,23-,24-,25-,26+,27-,28-,29-,30-,31-,32-,33-,34-,35-,36-,37+/m1/s1. The van der Waals surface area contributed by atoms with E-state index in [9.17, 15) is 30.6 Å². The van der Waals surface area contributed by atoms with Crippen LogP contribution in [0.25, 0.3) is 0 Å². The summed E-state index contributed by atoms with van der Waals surface area (Å²) in [6.45, 7) is 4.22. The van der Waals surface area contributed by atoms with E-state index in [4.69, 9.17) is 57.1 Å². The summed E-state index contributed by atoms with van der Waals surface area (Å²) in [4.78, 5) is 0. The Morgan fingerprint density at radius 2 is 0.964 bits per heavy atom. The Bertz CT molecular complexity index is 1100. The Balaban J connectivity index is 1.47. The molecule has 4 fully saturated rings. The molecule has 0 spiro atoms. The summed E-state index contributed by atoms with van der Waals surface area (Å²) < 4.78 is 37.2. The van der Waals surface area contributed by atoms with Crippen LogP contribution in [0.1, 0.15) is 84.5 Å². The van der Waals surface area contributed by atoms with Crippen molar-refractivity contribution in [2.75, 3.05) is 29.6 Å². The zero-order chi connectivity index (χ0) is 40.9. The molecule has 0 radical (unpaired) electrons. The first kappa shape index (κ1) is 48.7. The maximum absolute atomic E-state index is 11.7. The van der Waals surface area contributed by atoms with Crippen molar-refractivity contribution in [3.05, 3.63) is 0 Å². The van der Waals surface area contributed by atoms with Crippen molar-refractivity contribution in [3.63, 3.8) is 0 Å². The highest BCUT2D eigenvalue weighted by Crippen LogP contribution is 2.36. The molecule has 56 heavy (non-hydrogen) atoms. The van der Waals surface area contributed by atoms with Gasteiger partial charge in [0.1, 0.15) is 54.9 Å². The van der Waals surface area contributed by atoms with Crippen LogP contribution >= 0.6 is 23.5 Å². The van der Waals surface area contributed by atoms with E-state index < -0.39 is 116 Å². The van der Waals surface area contributed by atoms with Crippen LogP contribution in [0.2, 0.25) is 0 Å². The number of rotatable bonds is 23. The summed E-state index contributed by atoms with van der Waals surface area (Å²) in [7, 11) is 0. The fourth-order valence-corrected chi connectivity index (χ4v) is 9.85. The summed E-state index contributed by atoms with van der Waals surface area (Å²) in [5.74, 6) is 2.53. The lowest BCUT2D eigenvalue weighted by atomic mass is 9.84. The highest BCUT2D eigenvalue weighted by atomic mass is 32.2. The molecule has 4 rings (SSSR count). The molecule has 4 aliphatic rings. The van der Waals surface area contributed by atoms with Crippen LogP contribution in [0, 0.1) is 0 Å². The molecule has 17 nitrogen and oxygen atoms in total. The normalized spacial score (nSPS) is 43.3. The van der Waals surface area contributed by atoms with Gasteiger partial charge in [0, 0.05) is 30.1 Å². The second kappa shape index (κ2) is 24.5. The second-order valence-electron chi connectivity index (χ2n) is 15.8. The molecule has 0 bridgehead atoms. The average molecular weight is 844 g/mol. The molecular weight excluding hydrogens is 771 g/mol. The Morgan fingerprint density at radius 3 is 1.52 bits per heavy atom. The number of hydrogen-bond donors (Lipinski definition) is 11. The van der Waals surface area contributed by atoms with E-state index in [1.165, 1.54) is 19.3 Å². The molecule has 0 aromatic heterocycles. The molecule has 3 aliphatic heterocycles. The van der Waals surface area contributed by atoms with Gasteiger partial charge in [-0.15, -0.1) is 0 Å². The first-order valence-corrected chi connectivity index (χ1v) is 23.0. The predicted molar refractivity (Wildman–Crippen MR) is 214 cm³/mol. The Labute approximate surface area is 340 Å². The number of nitrogens with two attached hydrogens (primary N) is 5. The average Bonchev–Trinajstić information content (AvgIpc) is 3.47. The van der Waals surface area contributed by atoms with Crippen LogP contribution in [0.15, 0.2) is 0 Å². The van der Waals surface area contributed by atoms with Crippen molar-refractivity contribution in [3.8, 4) is 0 Å². The monoisotopic (exact) mass is 843 g/mol. The van der Waals surface area contributed by atoms with E-state index in [0.29, 0.717) is 11.5 Å². The molecule has 330 valence electrons. The topological polar surface area (TPSA) is 307 Å². The quantitative estimate of drug-likeness (QED) is 0.0525. The Kier molecular flexibility index (Phi) is 21.3. The number of ether oxygens (including phenoxy) is 6.